The van der Waals surface area contributed by atoms with Crippen LogP contribution in [-0.4, -0.2) is 0 Å². The van der Waals surface area contributed by atoms with E-state index in [-0.39, 0.29) is 10.8 Å². The zero-order valence-corrected chi connectivity index (χ0v) is 36.2. The molecule has 9 aromatic carbocycles. The van der Waals surface area contributed by atoms with Crippen LogP contribution in [0.25, 0.3) is 88.3 Å². The van der Waals surface area contributed by atoms with Gasteiger partial charge in [-0.1, -0.05) is 184 Å². The van der Waals surface area contributed by atoms with E-state index in [0.29, 0.717) is 0 Å². The first kappa shape index (κ1) is 36.0. The van der Waals surface area contributed by atoms with Crippen molar-refractivity contribution in [1.29, 1.82) is 0 Å². The molecule has 4 saturated carbocycles. The molecule has 4 bridgehead atoms. The van der Waals surface area contributed by atoms with Crippen molar-refractivity contribution in [2.45, 2.75) is 56.8 Å². The van der Waals surface area contributed by atoms with E-state index in [1.165, 1.54) is 132 Å². The molecule has 0 heterocycles. The first-order valence-corrected chi connectivity index (χ1v) is 23.6. The molecule has 0 amide bonds. The van der Waals surface area contributed by atoms with Crippen LogP contribution < -0.4 is 0 Å². The molecule has 1 spiro atoms. The molecule has 6 aliphatic rings. The first-order chi connectivity index (χ1) is 30.9. The van der Waals surface area contributed by atoms with Gasteiger partial charge >= 0.3 is 0 Å². The van der Waals surface area contributed by atoms with Gasteiger partial charge in [-0.05, 0) is 178 Å². The molecule has 9 aromatic rings. The van der Waals surface area contributed by atoms with Crippen LogP contribution in [-0.2, 0) is 10.8 Å². The Morgan fingerprint density at radius 3 is 1.27 bits per heavy atom. The maximum Gasteiger partial charge on any atom is 0.0272 e. The predicted molar refractivity (Wildman–Crippen MR) is 264 cm³/mol. The smallest absolute Gasteiger partial charge is 0.0272 e. The highest BCUT2D eigenvalue weighted by Gasteiger charge is 2.61. The molecule has 6 aliphatic carbocycles. The van der Waals surface area contributed by atoms with Crippen LogP contribution in [0.3, 0.4) is 0 Å². The quantitative estimate of drug-likeness (QED) is 0.155. The van der Waals surface area contributed by atoms with Crippen molar-refractivity contribution in [2.75, 3.05) is 0 Å². The maximum absolute atomic E-state index is 2.62. The summed E-state index contributed by atoms with van der Waals surface area (Å²) in [6.45, 7) is 4.75. The molecule has 15 rings (SSSR count). The summed E-state index contributed by atoms with van der Waals surface area (Å²) in [6, 6.07) is 69.9. The molecule has 302 valence electrons. The summed E-state index contributed by atoms with van der Waals surface area (Å²) in [6.07, 6.45) is 7.15. The maximum atomic E-state index is 2.62. The van der Waals surface area contributed by atoms with E-state index in [9.17, 15) is 0 Å². The monoisotopic (exact) mass is 806 g/mol. The topological polar surface area (TPSA) is 0 Å². The lowest BCUT2D eigenvalue weighted by atomic mass is 9.43. The van der Waals surface area contributed by atoms with E-state index in [0.717, 1.165) is 23.7 Å². The predicted octanol–water partition coefficient (Wildman–Crippen LogP) is 16.7. The van der Waals surface area contributed by atoms with Crippen LogP contribution in [0.15, 0.2) is 182 Å². The summed E-state index contributed by atoms with van der Waals surface area (Å²) in [7, 11) is 0. The van der Waals surface area contributed by atoms with Gasteiger partial charge in [-0.2, -0.15) is 0 Å². The van der Waals surface area contributed by atoms with Gasteiger partial charge in [-0.25, -0.2) is 0 Å². The third kappa shape index (κ3) is 4.93. The van der Waals surface area contributed by atoms with Gasteiger partial charge in [-0.15, -0.1) is 0 Å². The molecule has 0 N–H and O–H groups in total. The number of hydrogen-bond donors (Lipinski definition) is 0. The van der Waals surface area contributed by atoms with Gasteiger partial charge in [0.15, 0.2) is 0 Å². The fraction of sp³-hybridized carbons (Fsp3) is 0.206. The molecule has 63 heavy (non-hydrogen) atoms. The summed E-state index contributed by atoms with van der Waals surface area (Å²) < 4.78 is 0. The number of fused-ring (bicyclic) bond motifs is 8. The zero-order chi connectivity index (χ0) is 41.6. The summed E-state index contributed by atoms with van der Waals surface area (Å²) in [5.41, 5.74) is 22.3. The lowest BCUT2D eigenvalue weighted by Crippen LogP contribution is -2.55. The summed E-state index contributed by atoms with van der Waals surface area (Å²) in [5.74, 6) is 3.46. The molecule has 0 atom stereocenters. The molecule has 4 fully saturated rings. The molecule has 0 aliphatic heterocycles. The van der Waals surface area contributed by atoms with Crippen LogP contribution in [0.2, 0.25) is 0 Å². The molecule has 0 heteroatoms. The summed E-state index contributed by atoms with van der Waals surface area (Å²) >= 11 is 0. The first-order valence-electron chi connectivity index (χ1n) is 23.6. The second-order valence-corrected chi connectivity index (χ2v) is 20.4. The lowest BCUT2D eigenvalue weighted by molar-refractivity contribution is -0.0399. The molecular weight excluding hydrogens is 757 g/mol. The highest BCUT2D eigenvalue weighted by atomic mass is 14.6. The fourth-order valence-electron chi connectivity index (χ4n) is 14.6. The Morgan fingerprint density at radius 1 is 0.317 bits per heavy atom. The summed E-state index contributed by atoms with van der Waals surface area (Å²) in [4.78, 5) is 0. The van der Waals surface area contributed by atoms with Crippen LogP contribution in [0.5, 0.6) is 0 Å². The molecule has 0 saturated heterocycles. The largest absolute Gasteiger partial charge is 0.0619 e. The van der Waals surface area contributed by atoms with E-state index < -0.39 is 0 Å². The molecule has 0 radical (unpaired) electrons. The van der Waals surface area contributed by atoms with Gasteiger partial charge in [-0.3, -0.25) is 0 Å². The number of hydrogen-bond acceptors (Lipinski definition) is 0. The van der Waals surface area contributed by atoms with E-state index in [4.69, 9.17) is 0 Å². The highest BCUT2D eigenvalue weighted by Crippen LogP contribution is 2.69. The number of benzene rings is 9. The highest BCUT2D eigenvalue weighted by molar-refractivity contribution is 6.21. The van der Waals surface area contributed by atoms with Crippen molar-refractivity contribution in [3.8, 4) is 66.8 Å². The minimum Gasteiger partial charge on any atom is -0.0619 e. The van der Waals surface area contributed by atoms with Gasteiger partial charge in [0.05, 0.1) is 0 Å². The fourth-order valence-corrected chi connectivity index (χ4v) is 14.6. The van der Waals surface area contributed by atoms with Crippen molar-refractivity contribution >= 4 is 21.5 Å². The van der Waals surface area contributed by atoms with Crippen LogP contribution in [0.1, 0.15) is 68.2 Å². The van der Waals surface area contributed by atoms with E-state index >= 15 is 0 Å². The lowest BCUT2D eigenvalue weighted by Gasteiger charge is -2.61. The third-order valence-electron chi connectivity index (χ3n) is 17.1. The Hall–Kier alpha value is -6.50. The second-order valence-electron chi connectivity index (χ2n) is 20.4. The number of rotatable bonds is 4. The zero-order valence-electron chi connectivity index (χ0n) is 36.2. The second kappa shape index (κ2) is 13.0. The minimum atomic E-state index is -0.0538. The average Bonchev–Trinajstić information content (AvgIpc) is 3.74. The third-order valence-corrected chi connectivity index (χ3v) is 17.1. The Bertz CT molecular complexity index is 3270. The molecule has 0 nitrogen and oxygen atoms in total. The van der Waals surface area contributed by atoms with E-state index in [1.54, 1.807) is 11.1 Å². The SMILES string of the molecule is CC1(C)c2ccccc2-c2ccc(-c3c4ccccc4c(-c4ccc(-c5ccc(-c6ccc7c(c6)C6(c8ccccc8-7)C7CC8CC(C7)CC6C8)cc5)cc4)c4ccccc34)cc21. The van der Waals surface area contributed by atoms with Gasteiger partial charge in [0.2, 0.25) is 0 Å². The van der Waals surface area contributed by atoms with Crippen LogP contribution in [0, 0.1) is 23.7 Å². The molecule has 0 aromatic heterocycles. The van der Waals surface area contributed by atoms with Crippen molar-refractivity contribution in [3.63, 3.8) is 0 Å². The Morgan fingerprint density at radius 2 is 0.698 bits per heavy atom. The minimum absolute atomic E-state index is 0.0538. The van der Waals surface area contributed by atoms with Crippen molar-refractivity contribution < 1.29 is 0 Å². The Kier molecular flexibility index (Phi) is 7.45. The van der Waals surface area contributed by atoms with Gasteiger partial charge < -0.3 is 0 Å². The van der Waals surface area contributed by atoms with E-state index in [2.05, 4.69) is 196 Å². The van der Waals surface area contributed by atoms with Crippen molar-refractivity contribution in [1.82, 2.24) is 0 Å². The normalized spacial score (nSPS) is 23.0. The van der Waals surface area contributed by atoms with Crippen molar-refractivity contribution in [3.05, 3.63) is 204 Å². The van der Waals surface area contributed by atoms with Crippen LogP contribution in [0.4, 0.5) is 0 Å². The van der Waals surface area contributed by atoms with Crippen molar-refractivity contribution in [2.24, 2.45) is 23.7 Å². The summed E-state index contributed by atoms with van der Waals surface area (Å²) in [5, 5.41) is 5.17. The Balaban J connectivity index is 0.817. The van der Waals surface area contributed by atoms with Gasteiger partial charge in [0.1, 0.15) is 0 Å². The van der Waals surface area contributed by atoms with Gasteiger partial charge in [0, 0.05) is 10.8 Å². The molecule has 0 unspecified atom stereocenters. The van der Waals surface area contributed by atoms with E-state index in [1.807, 2.05) is 0 Å². The van der Waals surface area contributed by atoms with Gasteiger partial charge in [0.25, 0.3) is 0 Å². The Labute approximate surface area is 371 Å². The van der Waals surface area contributed by atoms with Crippen LogP contribution >= 0.6 is 0 Å². The standard InChI is InChI=1S/C63H50/c1-62(2)56-17-9-7-11-48(56)50-30-28-45(37-58(50)62)61-54-15-5-3-13-52(54)60(53-14-4-6-16-55(53)61)43-25-23-41(24-26-43)40-19-21-42(22-20-40)44-27-29-51-49-12-8-10-18-57(49)63(59(51)36-44)46-32-38-31-39(34-46)35-47(63)33-38/h3-30,36-39,46-47H,31-35H2,1-2H3. The average molecular weight is 807 g/mol. The molecular formula is C63H50.